The molecular formula is C10H16N4O. The molecule has 82 valence electrons. The van der Waals surface area contributed by atoms with E-state index < -0.39 is 0 Å². The number of rotatable bonds is 1. The summed E-state index contributed by atoms with van der Waals surface area (Å²) < 4.78 is 1.76. The van der Waals surface area contributed by atoms with Crippen molar-refractivity contribution < 1.29 is 4.79 Å². The lowest BCUT2D eigenvalue weighted by Gasteiger charge is -2.19. The van der Waals surface area contributed by atoms with E-state index in [1.54, 1.807) is 17.0 Å². The van der Waals surface area contributed by atoms with E-state index in [0.717, 1.165) is 32.6 Å². The van der Waals surface area contributed by atoms with E-state index >= 15 is 0 Å². The van der Waals surface area contributed by atoms with E-state index in [1.165, 1.54) is 0 Å². The Kier molecular flexibility index (Phi) is 3.01. The van der Waals surface area contributed by atoms with Crippen LogP contribution in [-0.4, -0.2) is 46.5 Å². The Balaban J connectivity index is 2.09. The van der Waals surface area contributed by atoms with E-state index in [0.29, 0.717) is 5.82 Å². The third-order valence-electron chi connectivity index (χ3n) is 2.64. The van der Waals surface area contributed by atoms with E-state index in [4.69, 9.17) is 0 Å². The molecule has 2 rings (SSSR count). The van der Waals surface area contributed by atoms with Crippen molar-refractivity contribution in [3.63, 3.8) is 0 Å². The van der Waals surface area contributed by atoms with Gasteiger partial charge in [-0.1, -0.05) is 0 Å². The minimum Gasteiger partial charge on any atom is -0.335 e. The maximum Gasteiger partial charge on any atom is 0.289 e. The number of nitrogens with zero attached hydrogens (tertiary/aromatic N) is 3. The van der Waals surface area contributed by atoms with Crippen LogP contribution >= 0.6 is 0 Å². The lowest BCUT2D eigenvalue weighted by atomic mass is 10.3. The van der Waals surface area contributed by atoms with E-state index in [2.05, 4.69) is 10.3 Å². The van der Waals surface area contributed by atoms with Crippen LogP contribution in [0.1, 0.15) is 17.0 Å². The number of imidazole rings is 1. The maximum atomic E-state index is 12.0. The molecule has 1 saturated heterocycles. The Morgan fingerprint density at radius 3 is 3.07 bits per heavy atom. The van der Waals surface area contributed by atoms with Crippen molar-refractivity contribution in [2.45, 2.75) is 6.42 Å². The van der Waals surface area contributed by atoms with Gasteiger partial charge in [0.2, 0.25) is 0 Å². The van der Waals surface area contributed by atoms with Crippen molar-refractivity contribution in [3.8, 4) is 0 Å². The summed E-state index contributed by atoms with van der Waals surface area (Å²) in [7, 11) is 1.84. The zero-order chi connectivity index (χ0) is 10.7. The van der Waals surface area contributed by atoms with Crippen LogP contribution in [0.2, 0.25) is 0 Å². The third-order valence-corrected chi connectivity index (χ3v) is 2.64. The molecule has 0 radical (unpaired) electrons. The summed E-state index contributed by atoms with van der Waals surface area (Å²) in [5.74, 6) is 0.558. The number of nitrogens with one attached hydrogen (secondary N) is 1. The second-order valence-electron chi connectivity index (χ2n) is 3.76. The van der Waals surface area contributed by atoms with Gasteiger partial charge in [-0.3, -0.25) is 4.79 Å². The fourth-order valence-corrected chi connectivity index (χ4v) is 1.76. The van der Waals surface area contributed by atoms with Gasteiger partial charge in [-0.05, 0) is 13.0 Å². The molecule has 0 saturated carbocycles. The molecule has 1 aliphatic heterocycles. The van der Waals surface area contributed by atoms with Gasteiger partial charge < -0.3 is 14.8 Å². The Bertz CT molecular complexity index is 339. The number of hydrogen-bond donors (Lipinski definition) is 1. The SMILES string of the molecule is Cn1ccnc1C(=O)N1CCCNCC1. The average molecular weight is 208 g/mol. The maximum absolute atomic E-state index is 12.0. The first kappa shape index (κ1) is 10.2. The lowest BCUT2D eigenvalue weighted by Crippen LogP contribution is -2.35. The molecule has 5 nitrogen and oxygen atoms in total. The molecule has 1 N–H and O–H groups in total. The standard InChI is InChI=1S/C10H16N4O/c1-13-7-5-12-9(13)10(15)14-6-2-3-11-4-8-14/h5,7,11H,2-4,6,8H2,1H3. The van der Waals surface area contributed by atoms with Crippen LogP contribution in [0.25, 0.3) is 0 Å². The Hall–Kier alpha value is -1.36. The smallest absolute Gasteiger partial charge is 0.289 e. The van der Waals surface area contributed by atoms with Crippen LogP contribution < -0.4 is 5.32 Å². The van der Waals surface area contributed by atoms with Crippen molar-refractivity contribution in [2.75, 3.05) is 26.2 Å². The molecule has 0 aliphatic carbocycles. The van der Waals surface area contributed by atoms with Gasteiger partial charge in [-0.25, -0.2) is 4.98 Å². The van der Waals surface area contributed by atoms with Crippen molar-refractivity contribution in [2.24, 2.45) is 7.05 Å². The number of amides is 1. The molecule has 0 atom stereocenters. The molecule has 1 amide bonds. The number of carbonyl (C=O) groups is 1. The van der Waals surface area contributed by atoms with Crippen LogP contribution in [0.3, 0.4) is 0 Å². The Labute approximate surface area is 89.1 Å². The Morgan fingerprint density at radius 1 is 1.47 bits per heavy atom. The predicted octanol–water partition coefficient (Wildman–Crippen LogP) is -0.144. The van der Waals surface area contributed by atoms with E-state index in [1.807, 2.05) is 11.9 Å². The van der Waals surface area contributed by atoms with Gasteiger partial charge >= 0.3 is 0 Å². The summed E-state index contributed by atoms with van der Waals surface area (Å²) in [6, 6.07) is 0. The fourth-order valence-electron chi connectivity index (χ4n) is 1.76. The molecule has 0 spiro atoms. The van der Waals surface area contributed by atoms with Crippen molar-refractivity contribution in [1.82, 2.24) is 19.8 Å². The van der Waals surface area contributed by atoms with Crippen LogP contribution in [-0.2, 0) is 7.05 Å². The number of carbonyl (C=O) groups excluding carboxylic acids is 1. The van der Waals surface area contributed by atoms with Crippen molar-refractivity contribution in [1.29, 1.82) is 0 Å². The minimum atomic E-state index is 0.0335. The van der Waals surface area contributed by atoms with Crippen molar-refractivity contribution >= 4 is 5.91 Å². The van der Waals surface area contributed by atoms with E-state index in [-0.39, 0.29) is 5.91 Å². The fraction of sp³-hybridized carbons (Fsp3) is 0.600. The topological polar surface area (TPSA) is 50.2 Å². The highest BCUT2D eigenvalue weighted by molar-refractivity contribution is 5.90. The van der Waals surface area contributed by atoms with Gasteiger partial charge in [0.1, 0.15) is 0 Å². The molecule has 15 heavy (non-hydrogen) atoms. The first-order valence-electron chi connectivity index (χ1n) is 5.26. The highest BCUT2D eigenvalue weighted by Crippen LogP contribution is 2.03. The summed E-state index contributed by atoms with van der Waals surface area (Å²) in [4.78, 5) is 18.0. The molecular weight excluding hydrogens is 192 g/mol. The van der Waals surface area contributed by atoms with Gasteiger partial charge in [0.15, 0.2) is 5.82 Å². The zero-order valence-electron chi connectivity index (χ0n) is 8.94. The summed E-state index contributed by atoms with van der Waals surface area (Å²) in [5.41, 5.74) is 0. The quantitative estimate of drug-likeness (QED) is 0.698. The highest BCUT2D eigenvalue weighted by Gasteiger charge is 2.19. The molecule has 1 aromatic heterocycles. The second-order valence-corrected chi connectivity index (χ2v) is 3.76. The third kappa shape index (κ3) is 2.18. The molecule has 0 unspecified atom stereocenters. The van der Waals surface area contributed by atoms with Gasteiger partial charge in [0.05, 0.1) is 0 Å². The molecule has 2 heterocycles. The largest absolute Gasteiger partial charge is 0.335 e. The lowest BCUT2D eigenvalue weighted by molar-refractivity contribution is 0.0750. The van der Waals surface area contributed by atoms with Gasteiger partial charge in [-0.2, -0.15) is 0 Å². The number of aromatic nitrogens is 2. The summed E-state index contributed by atoms with van der Waals surface area (Å²) in [6.45, 7) is 3.45. The number of hydrogen-bond acceptors (Lipinski definition) is 3. The van der Waals surface area contributed by atoms with E-state index in [9.17, 15) is 4.79 Å². The zero-order valence-corrected chi connectivity index (χ0v) is 8.94. The molecule has 0 aromatic carbocycles. The summed E-state index contributed by atoms with van der Waals surface area (Å²) in [6.07, 6.45) is 4.46. The van der Waals surface area contributed by atoms with Crippen LogP contribution in [0.5, 0.6) is 0 Å². The monoisotopic (exact) mass is 208 g/mol. The van der Waals surface area contributed by atoms with Crippen LogP contribution in [0, 0.1) is 0 Å². The average Bonchev–Trinajstić information content (AvgIpc) is 2.53. The highest BCUT2D eigenvalue weighted by atomic mass is 16.2. The molecule has 1 aromatic rings. The summed E-state index contributed by atoms with van der Waals surface area (Å²) >= 11 is 0. The first-order valence-corrected chi connectivity index (χ1v) is 5.26. The number of aryl methyl sites for hydroxylation is 1. The molecule has 0 bridgehead atoms. The predicted molar refractivity (Wildman–Crippen MR) is 56.6 cm³/mol. The van der Waals surface area contributed by atoms with Crippen molar-refractivity contribution in [3.05, 3.63) is 18.2 Å². The van der Waals surface area contributed by atoms with Gasteiger partial charge in [0, 0.05) is 39.1 Å². The molecule has 1 fully saturated rings. The second kappa shape index (κ2) is 4.44. The van der Waals surface area contributed by atoms with Gasteiger partial charge in [0.25, 0.3) is 5.91 Å². The van der Waals surface area contributed by atoms with Crippen LogP contribution in [0.15, 0.2) is 12.4 Å². The molecule has 1 aliphatic rings. The Morgan fingerprint density at radius 2 is 2.33 bits per heavy atom. The first-order chi connectivity index (χ1) is 7.29. The summed E-state index contributed by atoms with van der Waals surface area (Å²) in [5, 5.41) is 3.27. The van der Waals surface area contributed by atoms with Gasteiger partial charge in [-0.15, -0.1) is 0 Å². The van der Waals surface area contributed by atoms with Crippen LogP contribution in [0.4, 0.5) is 0 Å². The normalized spacial score (nSPS) is 17.5. The molecule has 5 heteroatoms. The minimum absolute atomic E-state index is 0.0335.